The third-order valence-electron chi connectivity index (χ3n) is 3.98. The molecule has 1 unspecified atom stereocenters. The first-order valence-corrected chi connectivity index (χ1v) is 8.03. The van der Waals surface area contributed by atoms with Gasteiger partial charge in [-0.25, -0.2) is 4.98 Å². The SMILES string of the molecule is CCc1nc(N2CCCC(CC)CC2)sc1CN. The third-order valence-corrected chi connectivity index (χ3v) is 5.16. The van der Waals surface area contributed by atoms with Crippen LogP contribution < -0.4 is 10.6 Å². The number of aromatic nitrogens is 1. The number of thiazole rings is 1. The fourth-order valence-electron chi connectivity index (χ4n) is 2.71. The van der Waals surface area contributed by atoms with E-state index in [1.54, 1.807) is 11.3 Å². The van der Waals surface area contributed by atoms with Crippen molar-refractivity contribution in [3.05, 3.63) is 10.6 Å². The number of hydrogen-bond acceptors (Lipinski definition) is 4. The standard InChI is InChI=1S/C14H25N3S/c1-3-11-6-5-8-17(9-7-11)14-16-12(4-2)13(10-15)18-14/h11H,3-10,15H2,1-2H3. The van der Waals surface area contributed by atoms with Gasteiger partial charge in [-0.3, -0.25) is 0 Å². The van der Waals surface area contributed by atoms with Crippen LogP contribution in [0.25, 0.3) is 0 Å². The van der Waals surface area contributed by atoms with Crippen LogP contribution in [0, 0.1) is 5.92 Å². The molecule has 1 aromatic rings. The van der Waals surface area contributed by atoms with E-state index in [2.05, 4.69) is 18.7 Å². The van der Waals surface area contributed by atoms with Gasteiger partial charge in [-0.1, -0.05) is 20.3 Å². The third kappa shape index (κ3) is 3.04. The highest BCUT2D eigenvalue weighted by Crippen LogP contribution is 2.30. The first kappa shape index (κ1) is 13.8. The molecule has 2 heterocycles. The minimum atomic E-state index is 0.631. The lowest BCUT2D eigenvalue weighted by atomic mass is 9.98. The molecule has 0 spiro atoms. The first-order valence-electron chi connectivity index (χ1n) is 7.22. The minimum absolute atomic E-state index is 0.631. The lowest BCUT2D eigenvalue weighted by molar-refractivity contribution is 0.459. The molecular formula is C14H25N3S. The quantitative estimate of drug-likeness (QED) is 0.911. The zero-order chi connectivity index (χ0) is 13.0. The van der Waals surface area contributed by atoms with Crippen LogP contribution in [0.4, 0.5) is 5.13 Å². The Labute approximate surface area is 114 Å². The van der Waals surface area contributed by atoms with Crippen LogP contribution in [0.3, 0.4) is 0 Å². The molecule has 2 N–H and O–H groups in total. The summed E-state index contributed by atoms with van der Waals surface area (Å²) in [4.78, 5) is 8.52. The summed E-state index contributed by atoms with van der Waals surface area (Å²) in [5.74, 6) is 0.912. The molecule has 0 bridgehead atoms. The predicted octanol–water partition coefficient (Wildman–Crippen LogP) is 3.18. The van der Waals surface area contributed by atoms with Gasteiger partial charge in [-0.15, -0.1) is 11.3 Å². The van der Waals surface area contributed by atoms with Crippen LogP contribution in [0.1, 0.15) is 50.1 Å². The molecule has 102 valence electrons. The van der Waals surface area contributed by atoms with Gasteiger partial charge in [0.05, 0.1) is 5.69 Å². The Morgan fingerprint density at radius 3 is 2.78 bits per heavy atom. The number of rotatable bonds is 4. The van der Waals surface area contributed by atoms with Crippen LogP contribution in [-0.4, -0.2) is 18.1 Å². The molecule has 0 radical (unpaired) electrons. The lowest BCUT2D eigenvalue weighted by Crippen LogP contribution is -2.24. The number of aryl methyl sites for hydroxylation is 1. The highest BCUT2D eigenvalue weighted by molar-refractivity contribution is 7.15. The Balaban J connectivity index is 2.08. The molecule has 1 saturated heterocycles. The molecule has 0 aliphatic carbocycles. The fourth-order valence-corrected chi connectivity index (χ4v) is 3.78. The molecule has 4 heteroatoms. The summed E-state index contributed by atoms with van der Waals surface area (Å²) >= 11 is 1.80. The largest absolute Gasteiger partial charge is 0.348 e. The van der Waals surface area contributed by atoms with E-state index in [0.717, 1.165) is 18.9 Å². The molecule has 18 heavy (non-hydrogen) atoms. The fraction of sp³-hybridized carbons (Fsp3) is 0.786. The molecule has 1 fully saturated rings. The van der Waals surface area contributed by atoms with Gasteiger partial charge < -0.3 is 10.6 Å². The second kappa shape index (κ2) is 6.53. The molecule has 1 aromatic heterocycles. The van der Waals surface area contributed by atoms with Gasteiger partial charge >= 0.3 is 0 Å². The molecule has 0 aromatic carbocycles. The normalized spacial score (nSPS) is 21.1. The van der Waals surface area contributed by atoms with E-state index in [4.69, 9.17) is 10.7 Å². The van der Waals surface area contributed by atoms with E-state index in [1.807, 2.05) is 0 Å². The molecular weight excluding hydrogens is 242 g/mol. The Morgan fingerprint density at radius 1 is 1.33 bits per heavy atom. The second-order valence-electron chi connectivity index (χ2n) is 5.12. The molecule has 3 nitrogen and oxygen atoms in total. The number of nitrogens with zero attached hydrogens (tertiary/aromatic N) is 2. The van der Waals surface area contributed by atoms with Crippen LogP contribution in [0.2, 0.25) is 0 Å². The number of nitrogens with two attached hydrogens (primary N) is 1. The zero-order valence-corrected chi connectivity index (χ0v) is 12.4. The zero-order valence-electron chi connectivity index (χ0n) is 11.6. The van der Waals surface area contributed by atoms with E-state index >= 15 is 0 Å². The van der Waals surface area contributed by atoms with Gasteiger partial charge in [-0.2, -0.15) is 0 Å². The van der Waals surface area contributed by atoms with E-state index in [1.165, 1.54) is 47.9 Å². The van der Waals surface area contributed by atoms with Crippen LogP contribution in [0.5, 0.6) is 0 Å². The Kier molecular flexibility index (Phi) is 5.01. The van der Waals surface area contributed by atoms with Gasteiger partial charge in [0.1, 0.15) is 0 Å². The van der Waals surface area contributed by atoms with E-state index in [-0.39, 0.29) is 0 Å². The van der Waals surface area contributed by atoms with Crippen LogP contribution >= 0.6 is 11.3 Å². The van der Waals surface area contributed by atoms with E-state index in [9.17, 15) is 0 Å². The Hall–Kier alpha value is -0.610. The summed E-state index contributed by atoms with van der Waals surface area (Å²) in [5.41, 5.74) is 7.00. The molecule has 1 aliphatic heterocycles. The van der Waals surface area contributed by atoms with Gasteiger partial charge in [-0.05, 0) is 31.6 Å². The van der Waals surface area contributed by atoms with Crippen molar-refractivity contribution in [2.24, 2.45) is 11.7 Å². The monoisotopic (exact) mass is 267 g/mol. The lowest BCUT2D eigenvalue weighted by Gasteiger charge is -2.19. The van der Waals surface area contributed by atoms with Crippen molar-refractivity contribution in [1.82, 2.24) is 4.98 Å². The molecule has 0 saturated carbocycles. The maximum atomic E-state index is 5.80. The van der Waals surface area contributed by atoms with Crippen molar-refractivity contribution < 1.29 is 0 Å². The van der Waals surface area contributed by atoms with Crippen molar-refractivity contribution in [2.45, 2.75) is 52.5 Å². The highest BCUT2D eigenvalue weighted by atomic mass is 32.1. The van der Waals surface area contributed by atoms with Crippen molar-refractivity contribution in [3.8, 4) is 0 Å². The van der Waals surface area contributed by atoms with Gasteiger partial charge in [0.2, 0.25) is 0 Å². The molecule has 0 amide bonds. The maximum absolute atomic E-state index is 5.80. The molecule has 2 rings (SSSR count). The summed E-state index contributed by atoms with van der Waals surface area (Å²) in [5, 5.41) is 1.20. The second-order valence-corrected chi connectivity index (χ2v) is 6.18. The average molecular weight is 267 g/mol. The topological polar surface area (TPSA) is 42.2 Å². The van der Waals surface area contributed by atoms with E-state index in [0.29, 0.717) is 6.54 Å². The number of hydrogen-bond donors (Lipinski definition) is 1. The average Bonchev–Trinajstić information content (AvgIpc) is 2.68. The summed E-state index contributed by atoms with van der Waals surface area (Å²) in [6.45, 7) is 7.43. The van der Waals surface area contributed by atoms with E-state index < -0.39 is 0 Å². The first-order chi connectivity index (χ1) is 8.78. The van der Waals surface area contributed by atoms with Crippen LogP contribution in [0.15, 0.2) is 0 Å². The minimum Gasteiger partial charge on any atom is -0.348 e. The maximum Gasteiger partial charge on any atom is 0.185 e. The summed E-state index contributed by atoms with van der Waals surface area (Å²) < 4.78 is 0. The summed E-state index contributed by atoms with van der Waals surface area (Å²) in [7, 11) is 0. The van der Waals surface area contributed by atoms with Gasteiger partial charge in [0.15, 0.2) is 5.13 Å². The smallest absolute Gasteiger partial charge is 0.185 e. The van der Waals surface area contributed by atoms with Crippen molar-refractivity contribution >= 4 is 16.5 Å². The number of anilines is 1. The highest BCUT2D eigenvalue weighted by Gasteiger charge is 2.19. The molecule has 1 aliphatic rings. The summed E-state index contributed by atoms with van der Waals surface area (Å²) in [6.07, 6.45) is 6.31. The van der Waals surface area contributed by atoms with Gasteiger partial charge in [0.25, 0.3) is 0 Å². The predicted molar refractivity (Wildman–Crippen MR) is 79.2 cm³/mol. The Morgan fingerprint density at radius 2 is 2.17 bits per heavy atom. The van der Waals surface area contributed by atoms with Crippen molar-refractivity contribution in [2.75, 3.05) is 18.0 Å². The van der Waals surface area contributed by atoms with Crippen LogP contribution in [-0.2, 0) is 13.0 Å². The summed E-state index contributed by atoms with van der Waals surface area (Å²) in [6, 6.07) is 0. The molecule has 1 atom stereocenters. The van der Waals surface area contributed by atoms with Gasteiger partial charge in [0, 0.05) is 24.5 Å². The Bertz CT molecular complexity index is 354. The van der Waals surface area contributed by atoms with Crippen molar-refractivity contribution in [1.29, 1.82) is 0 Å². The van der Waals surface area contributed by atoms with Crippen molar-refractivity contribution in [3.63, 3.8) is 0 Å².